The van der Waals surface area contributed by atoms with Crippen LogP contribution >= 0.6 is 0 Å². The molecule has 0 saturated heterocycles. The van der Waals surface area contributed by atoms with Crippen molar-refractivity contribution >= 4 is 16.9 Å². The second-order valence-corrected chi connectivity index (χ2v) is 8.25. The molecule has 0 fully saturated rings. The molecular formula is C27H22O2. The number of hydrogen-bond donors (Lipinski definition) is 0. The molecule has 0 unspecified atom stereocenters. The van der Waals surface area contributed by atoms with Gasteiger partial charge in [-0.2, -0.15) is 0 Å². The molecule has 1 aliphatic carbocycles. The molecule has 3 aromatic carbocycles. The van der Waals surface area contributed by atoms with Crippen molar-refractivity contribution in [1.82, 2.24) is 0 Å². The van der Waals surface area contributed by atoms with Crippen molar-refractivity contribution in [2.45, 2.75) is 13.8 Å². The summed E-state index contributed by atoms with van der Waals surface area (Å²) >= 11 is 0. The second-order valence-electron chi connectivity index (χ2n) is 8.25. The van der Waals surface area contributed by atoms with Crippen LogP contribution in [0.5, 0.6) is 5.75 Å². The number of allylic oxidation sites excluding steroid dienone is 2. The van der Waals surface area contributed by atoms with Crippen LogP contribution in [0.2, 0.25) is 0 Å². The first kappa shape index (κ1) is 17.7. The Morgan fingerprint density at radius 1 is 0.724 bits per heavy atom. The van der Waals surface area contributed by atoms with E-state index in [1.807, 2.05) is 48.5 Å². The predicted octanol–water partition coefficient (Wildman–Crippen LogP) is 6.19. The maximum absolute atomic E-state index is 13.0. The normalized spacial score (nSPS) is 19.7. The topological polar surface area (TPSA) is 26.3 Å². The van der Waals surface area contributed by atoms with Gasteiger partial charge in [-0.1, -0.05) is 86.6 Å². The smallest absolute Gasteiger partial charge is 0.186 e. The summed E-state index contributed by atoms with van der Waals surface area (Å²) < 4.78 is 6.28. The van der Waals surface area contributed by atoms with Crippen LogP contribution in [0, 0.1) is 5.41 Å². The fraction of sp³-hybridized carbons (Fsp3) is 0.148. The summed E-state index contributed by atoms with van der Waals surface area (Å²) in [5, 5.41) is 0. The summed E-state index contributed by atoms with van der Waals surface area (Å²) in [4.78, 5) is 13.0. The van der Waals surface area contributed by atoms with Crippen LogP contribution in [0.4, 0.5) is 0 Å². The van der Waals surface area contributed by atoms with E-state index in [9.17, 15) is 4.79 Å². The van der Waals surface area contributed by atoms with Crippen molar-refractivity contribution in [1.29, 1.82) is 0 Å². The van der Waals surface area contributed by atoms with Gasteiger partial charge in [0.25, 0.3) is 0 Å². The Labute approximate surface area is 171 Å². The summed E-state index contributed by atoms with van der Waals surface area (Å²) in [6, 6.07) is 26.5. The number of para-hydroxylation sites is 1. The predicted molar refractivity (Wildman–Crippen MR) is 117 cm³/mol. The van der Waals surface area contributed by atoms with E-state index in [0.717, 1.165) is 44.7 Å². The van der Waals surface area contributed by atoms with Gasteiger partial charge in [0.05, 0.1) is 6.61 Å². The van der Waals surface area contributed by atoms with E-state index in [1.165, 1.54) is 0 Å². The van der Waals surface area contributed by atoms with Crippen LogP contribution in [0.1, 0.15) is 40.9 Å². The van der Waals surface area contributed by atoms with Crippen LogP contribution in [0.25, 0.3) is 11.1 Å². The number of carbonyl (C=O) groups excluding carboxylic acids is 1. The first-order valence-corrected chi connectivity index (χ1v) is 9.94. The van der Waals surface area contributed by atoms with Crippen molar-refractivity contribution in [3.05, 3.63) is 113 Å². The molecule has 2 heteroatoms. The van der Waals surface area contributed by atoms with Crippen LogP contribution in [-0.4, -0.2) is 12.4 Å². The fourth-order valence-corrected chi connectivity index (χ4v) is 4.32. The maximum atomic E-state index is 13.0. The van der Waals surface area contributed by atoms with E-state index in [0.29, 0.717) is 6.61 Å². The highest BCUT2D eigenvalue weighted by atomic mass is 16.5. The molecule has 3 aromatic rings. The molecule has 0 saturated carbocycles. The lowest BCUT2D eigenvalue weighted by atomic mass is 9.70. The molecule has 0 atom stereocenters. The van der Waals surface area contributed by atoms with Crippen LogP contribution in [-0.2, 0) is 0 Å². The van der Waals surface area contributed by atoms with Gasteiger partial charge >= 0.3 is 0 Å². The standard InChI is InChI=1S/C27H22O2/c1-27(2)17-29-24-15-9-8-14-21(24)25(18-10-4-3-5-11-18)26-20-13-7-6-12-19(20)23(28)16-22(26)27/h3-16H,17H2,1-2H3/b26-25-. The largest absolute Gasteiger partial charge is 0.492 e. The molecule has 142 valence electrons. The van der Waals surface area contributed by atoms with Crippen molar-refractivity contribution in [2.24, 2.45) is 5.41 Å². The third kappa shape index (κ3) is 2.84. The second kappa shape index (κ2) is 6.59. The molecule has 2 aliphatic rings. The Hall–Kier alpha value is -3.39. The number of fused-ring (bicyclic) bond motifs is 4. The number of ether oxygens (including phenoxy) is 1. The first-order valence-electron chi connectivity index (χ1n) is 9.94. The molecule has 0 spiro atoms. The molecule has 2 nitrogen and oxygen atoms in total. The lowest BCUT2D eigenvalue weighted by molar-refractivity contribution is 0.104. The van der Waals surface area contributed by atoms with E-state index in [4.69, 9.17) is 4.74 Å². The number of ketones is 1. The van der Waals surface area contributed by atoms with Gasteiger partial charge in [-0.15, -0.1) is 0 Å². The number of carbonyl (C=O) groups is 1. The SMILES string of the molecule is CC1(C)COc2ccccc2/C(c2ccccc2)=C2\C1=CC(=O)c1ccccc12. The summed E-state index contributed by atoms with van der Waals surface area (Å²) in [5.41, 5.74) is 6.90. The van der Waals surface area contributed by atoms with E-state index >= 15 is 0 Å². The fourth-order valence-electron chi connectivity index (χ4n) is 4.32. The zero-order valence-electron chi connectivity index (χ0n) is 16.6. The van der Waals surface area contributed by atoms with Gasteiger partial charge < -0.3 is 4.74 Å². The molecule has 1 aliphatic heterocycles. The Balaban J connectivity index is 1.97. The van der Waals surface area contributed by atoms with Gasteiger partial charge in [0.15, 0.2) is 5.78 Å². The molecule has 0 N–H and O–H groups in total. The van der Waals surface area contributed by atoms with Crippen LogP contribution in [0.15, 0.2) is 90.5 Å². The summed E-state index contributed by atoms with van der Waals surface area (Å²) in [6.07, 6.45) is 1.82. The van der Waals surface area contributed by atoms with Crippen LogP contribution in [0.3, 0.4) is 0 Å². The van der Waals surface area contributed by atoms with Gasteiger partial charge in [-0.05, 0) is 34.4 Å². The Bertz CT molecular complexity index is 1180. The third-order valence-corrected chi connectivity index (χ3v) is 5.79. The minimum absolute atomic E-state index is 0.0636. The molecule has 0 bridgehead atoms. The molecule has 0 amide bonds. The Morgan fingerprint density at radius 3 is 2.10 bits per heavy atom. The van der Waals surface area contributed by atoms with Gasteiger partial charge in [0, 0.05) is 22.1 Å². The molecular weight excluding hydrogens is 356 g/mol. The third-order valence-electron chi connectivity index (χ3n) is 5.79. The molecule has 1 heterocycles. The number of benzene rings is 3. The summed E-state index contributed by atoms with van der Waals surface area (Å²) in [7, 11) is 0. The zero-order valence-corrected chi connectivity index (χ0v) is 16.6. The Morgan fingerprint density at radius 2 is 1.34 bits per heavy atom. The molecule has 5 rings (SSSR count). The average Bonchev–Trinajstić information content (AvgIpc) is 2.75. The van der Waals surface area contributed by atoms with Crippen molar-refractivity contribution in [3.8, 4) is 5.75 Å². The van der Waals surface area contributed by atoms with E-state index in [1.54, 1.807) is 0 Å². The van der Waals surface area contributed by atoms with Gasteiger partial charge in [0.2, 0.25) is 0 Å². The van der Waals surface area contributed by atoms with Crippen molar-refractivity contribution in [2.75, 3.05) is 6.61 Å². The van der Waals surface area contributed by atoms with E-state index < -0.39 is 0 Å². The maximum Gasteiger partial charge on any atom is 0.186 e. The van der Waals surface area contributed by atoms with Crippen molar-refractivity contribution in [3.63, 3.8) is 0 Å². The summed E-state index contributed by atoms with van der Waals surface area (Å²) in [5.74, 6) is 0.939. The molecule has 0 aromatic heterocycles. The van der Waals surface area contributed by atoms with Gasteiger partial charge in [-0.3, -0.25) is 4.79 Å². The zero-order chi connectivity index (χ0) is 20.0. The highest BCUT2D eigenvalue weighted by Crippen LogP contribution is 2.49. The Kier molecular flexibility index (Phi) is 4.02. The monoisotopic (exact) mass is 378 g/mol. The van der Waals surface area contributed by atoms with Crippen LogP contribution < -0.4 is 4.74 Å². The number of rotatable bonds is 1. The molecule has 29 heavy (non-hydrogen) atoms. The quantitative estimate of drug-likeness (QED) is 0.505. The lowest BCUT2D eigenvalue weighted by Gasteiger charge is -2.36. The highest BCUT2D eigenvalue weighted by Gasteiger charge is 2.37. The minimum Gasteiger partial charge on any atom is -0.492 e. The molecule has 0 radical (unpaired) electrons. The van der Waals surface area contributed by atoms with Crippen molar-refractivity contribution < 1.29 is 9.53 Å². The van der Waals surface area contributed by atoms with E-state index in [2.05, 4.69) is 50.2 Å². The number of hydrogen-bond acceptors (Lipinski definition) is 2. The van der Waals surface area contributed by atoms with E-state index in [-0.39, 0.29) is 11.2 Å². The lowest BCUT2D eigenvalue weighted by Crippen LogP contribution is -2.29. The average molecular weight is 378 g/mol. The first-order chi connectivity index (χ1) is 14.1. The van der Waals surface area contributed by atoms with Gasteiger partial charge in [-0.25, -0.2) is 0 Å². The highest BCUT2D eigenvalue weighted by molar-refractivity contribution is 6.19. The minimum atomic E-state index is -0.313. The summed E-state index contributed by atoms with van der Waals surface area (Å²) in [6.45, 7) is 4.81. The van der Waals surface area contributed by atoms with Gasteiger partial charge in [0.1, 0.15) is 5.75 Å².